The van der Waals surface area contributed by atoms with Crippen LogP contribution in [-0.4, -0.2) is 20.9 Å². The lowest BCUT2D eigenvalue weighted by Crippen LogP contribution is -2.31. The molecule has 3 rings (SSSR count). The molecule has 6 heteroatoms. The van der Waals surface area contributed by atoms with Gasteiger partial charge in [0.15, 0.2) is 0 Å². The Bertz CT molecular complexity index is 875. The van der Waals surface area contributed by atoms with E-state index in [4.69, 9.17) is 4.74 Å². The summed E-state index contributed by atoms with van der Waals surface area (Å²) in [6.45, 7) is 3.64. The summed E-state index contributed by atoms with van der Waals surface area (Å²) in [6.07, 6.45) is 0.778. The van der Waals surface area contributed by atoms with Crippen molar-refractivity contribution in [2.75, 3.05) is 10.8 Å². The average molecular weight is 359 g/mol. The fraction of sp³-hybridized carbons (Fsp3) is 0.316. The first-order valence-electron chi connectivity index (χ1n) is 8.25. The number of carbonyl (C=O) groups excluding carboxylic acids is 1. The topological polar surface area (TPSA) is 63.7 Å². The number of anilines is 1. The van der Waals surface area contributed by atoms with Gasteiger partial charge < -0.3 is 4.74 Å². The first kappa shape index (κ1) is 17.5. The molecule has 1 heterocycles. The number of fused-ring (bicyclic) bond motifs is 1. The number of hydrogen-bond donors (Lipinski definition) is 0. The number of benzene rings is 2. The molecule has 0 saturated heterocycles. The van der Waals surface area contributed by atoms with Crippen molar-refractivity contribution in [3.8, 4) is 0 Å². The van der Waals surface area contributed by atoms with E-state index in [1.54, 1.807) is 36.4 Å². The predicted molar refractivity (Wildman–Crippen MR) is 95.9 cm³/mol. The molecule has 0 spiro atoms. The first-order valence-corrected chi connectivity index (χ1v) is 9.69. The van der Waals surface area contributed by atoms with Crippen molar-refractivity contribution < 1.29 is 17.9 Å². The molecule has 2 aromatic carbocycles. The van der Waals surface area contributed by atoms with Gasteiger partial charge in [0, 0.05) is 19.0 Å². The molecule has 0 bridgehead atoms. The molecular formula is C19H21NO4S. The SMILES string of the molecule is CC(=O)O[C@@H]1CCCN(S(=O)(=O)c2ccc(C)cc2)c2ccccc21. The number of para-hydroxylation sites is 1. The lowest BCUT2D eigenvalue weighted by atomic mass is 10.0. The van der Waals surface area contributed by atoms with E-state index >= 15 is 0 Å². The minimum Gasteiger partial charge on any atom is -0.458 e. The molecule has 1 atom stereocenters. The summed E-state index contributed by atoms with van der Waals surface area (Å²) >= 11 is 0. The molecule has 0 aromatic heterocycles. The largest absolute Gasteiger partial charge is 0.458 e. The van der Waals surface area contributed by atoms with Crippen LogP contribution in [0.5, 0.6) is 0 Å². The molecule has 132 valence electrons. The Morgan fingerprint density at radius 1 is 1.12 bits per heavy atom. The minimum absolute atomic E-state index is 0.263. The van der Waals surface area contributed by atoms with Crippen LogP contribution >= 0.6 is 0 Å². The third-order valence-electron chi connectivity index (χ3n) is 4.30. The zero-order chi connectivity index (χ0) is 18.0. The van der Waals surface area contributed by atoms with Gasteiger partial charge in [0.1, 0.15) is 6.10 Å². The van der Waals surface area contributed by atoms with Gasteiger partial charge in [0.05, 0.1) is 10.6 Å². The van der Waals surface area contributed by atoms with Gasteiger partial charge in [-0.3, -0.25) is 9.10 Å². The monoisotopic (exact) mass is 359 g/mol. The van der Waals surface area contributed by atoms with E-state index in [1.807, 2.05) is 19.1 Å². The van der Waals surface area contributed by atoms with Crippen LogP contribution in [0, 0.1) is 6.92 Å². The van der Waals surface area contributed by atoms with E-state index in [2.05, 4.69) is 0 Å². The highest BCUT2D eigenvalue weighted by molar-refractivity contribution is 7.92. The second-order valence-corrected chi connectivity index (χ2v) is 8.05. The van der Waals surface area contributed by atoms with Crippen molar-refractivity contribution in [3.63, 3.8) is 0 Å². The predicted octanol–water partition coefficient (Wildman–Crippen LogP) is 3.59. The van der Waals surface area contributed by atoms with E-state index in [0.29, 0.717) is 25.1 Å². The van der Waals surface area contributed by atoms with Crippen molar-refractivity contribution in [3.05, 3.63) is 59.7 Å². The second kappa shape index (κ2) is 6.88. The molecule has 0 fully saturated rings. The van der Waals surface area contributed by atoms with Crippen LogP contribution in [0.3, 0.4) is 0 Å². The Balaban J connectivity index is 2.06. The standard InChI is InChI=1S/C19H21NO4S/c1-14-9-11-16(12-10-14)25(22,23)20-13-5-8-19(24-15(2)21)17-6-3-4-7-18(17)20/h3-4,6-7,9-12,19H,5,8,13H2,1-2H3/t19-/m1/s1. The molecule has 1 aliphatic rings. The third kappa shape index (κ3) is 3.54. The van der Waals surface area contributed by atoms with E-state index in [0.717, 1.165) is 11.1 Å². The molecule has 0 N–H and O–H groups in total. The van der Waals surface area contributed by atoms with Crippen molar-refractivity contribution in [2.24, 2.45) is 0 Å². The lowest BCUT2D eigenvalue weighted by Gasteiger charge is -2.25. The van der Waals surface area contributed by atoms with Crippen LogP contribution in [0.25, 0.3) is 0 Å². The number of hydrogen-bond acceptors (Lipinski definition) is 4. The average Bonchev–Trinajstić information content (AvgIpc) is 2.75. The minimum atomic E-state index is -3.67. The number of ether oxygens (including phenoxy) is 1. The van der Waals surface area contributed by atoms with Gasteiger partial charge in [-0.2, -0.15) is 0 Å². The molecule has 0 radical (unpaired) electrons. The molecule has 1 aliphatic heterocycles. The Morgan fingerprint density at radius 3 is 2.48 bits per heavy atom. The summed E-state index contributed by atoms with van der Waals surface area (Å²) in [6, 6.07) is 14.1. The molecule has 0 unspecified atom stereocenters. The summed E-state index contributed by atoms with van der Waals surface area (Å²) < 4.78 is 33.2. The number of carbonyl (C=O) groups is 1. The van der Waals surface area contributed by atoms with Crippen LogP contribution in [-0.2, 0) is 19.6 Å². The smallest absolute Gasteiger partial charge is 0.303 e. The zero-order valence-electron chi connectivity index (χ0n) is 14.3. The van der Waals surface area contributed by atoms with Gasteiger partial charge in [-0.1, -0.05) is 35.9 Å². The Hall–Kier alpha value is -2.34. The lowest BCUT2D eigenvalue weighted by molar-refractivity contribution is -0.147. The molecule has 25 heavy (non-hydrogen) atoms. The Labute approximate surface area is 148 Å². The van der Waals surface area contributed by atoms with Crippen molar-refractivity contribution in [1.29, 1.82) is 0 Å². The third-order valence-corrected chi connectivity index (χ3v) is 6.12. The van der Waals surface area contributed by atoms with Gasteiger partial charge in [-0.05, 0) is 38.0 Å². The molecular weight excluding hydrogens is 338 g/mol. The molecule has 5 nitrogen and oxygen atoms in total. The summed E-state index contributed by atoms with van der Waals surface area (Å²) in [5, 5.41) is 0. The van der Waals surface area contributed by atoms with Crippen LogP contribution in [0.15, 0.2) is 53.4 Å². The maximum Gasteiger partial charge on any atom is 0.303 e. The van der Waals surface area contributed by atoms with Gasteiger partial charge >= 0.3 is 5.97 Å². The molecule has 2 aromatic rings. The van der Waals surface area contributed by atoms with E-state index in [-0.39, 0.29) is 10.9 Å². The Morgan fingerprint density at radius 2 is 1.80 bits per heavy atom. The highest BCUT2D eigenvalue weighted by atomic mass is 32.2. The van der Waals surface area contributed by atoms with E-state index < -0.39 is 16.1 Å². The summed E-state index contributed by atoms with van der Waals surface area (Å²) in [5.74, 6) is -0.366. The van der Waals surface area contributed by atoms with Crippen molar-refractivity contribution in [2.45, 2.75) is 37.7 Å². The number of esters is 1. The summed E-state index contributed by atoms with van der Waals surface area (Å²) in [4.78, 5) is 11.7. The van der Waals surface area contributed by atoms with Crippen LogP contribution in [0.2, 0.25) is 0 Å². The van der Waals surface area contributed by atoms with Crippen LogP contribution in [0.4, 0.5) is 5.69 Å². The first-order chi connectivity index (χ1) is 11.9. The maximum absolute atomic E-state index is 13.2. The quantitative estimate of drug-likeness (QED) is 0.786. The number of nitrogens with zero attached hydrogens (tertiary/aromatic N) is 1. The van der Waals surface area contributed by atoms with E-state index in [9.17, 15) is 13.2 Å². The molecule has 0 aliphatic carbocycles. The fourth-order valence-corrected chi connectivity index (χ4v) is 4.62. The second-order valence-electron chi connectivity index (χ2n) is 6.19. The van der Waals surface area contributed by atoms with Gasteiger partial charge in [0.25, 0.3) is 10.0 Å². The Kier molecular flexibility index (Phi) is 4.81. The van der Waals surface area contributed by atoms with Gasteiger partial charge in [0.2, 0.25) is 0 Å². The van der Waals surface area contributed by atoms with Gasteiger partial charge in [-0.25, -0.2) is 8.42 Å². The summed E-state index contributed by atoms with van der Waals surface area (Å²) in [5.41, 5.74) is 2.31. The van der Waals surface area contributed by atoms with Crippen LogP contribution < -0.4 is 4.31 Å². The molecule has 0 amide bonds. The highest BCUT2D eigenvalue weighted by Crippen LogP contribution is 2.37. The normalized spacial score (nSPS) is 17.5. The fourth-order valence-electron chi connectivity index (χ4n) is 3.09. The van der Waals surface area contributed by atoms with Gasteiger partial charge in [-0.15, -0.1) is 0 Å². The van der Waals surface area contributed by atoms with E-state index in [1.165, 1.54) is 11.2 Å². The molecule has 0 saturated carbocycles. The maximum atomic E-state index is 13.2. The highest BCUT2D eigenvalue weighted by Gasteiger charge is 2.32. The van der Waals surface area contributed by atoms with Crippen LogP contribution in [0.1, 0.15) is 37.0 Å². The number of aryl methyl sites for hydroxylation is 1. The van der Waals surface area contributed by atoms with Crippen molar-refractivity contribution in [1.82, 2.24) is 0 Å². The number of sulfonamides is 1. The zero-order valence-corrected chi connectivity index (χ0v) is 15.1. The number of rotatable bonds is 3. The van der Waals surface area contributed by atoms with Crippen molar-refractivity contribution >= 4 is 21.7 Å². The summed E-state index contributed by atoms with van der Waals surface area (Å²) in [7, 11) is -3.67.